The van der Waals surface area contributed by atoms with E-state index in [0.29, 0.717) is 31.0 Å². The topological polar surface area (TPSA) is 84.7 Å². The minimum atomic E-state index is -0.981. The van der Waals surface area contributed by atoms with Crippen molar-refractivity contribution in [3.05, 3.63) is 47.0 Å². The van der Waals surface area contributed by atoms with Gasteiger partial charge in [-0.25, -0.2) is 9.07 Å². The van der Waals surface area contributed by atoms with Crippen LogP contribution < -0.4 is 0 Å². The summed E-state index contributed by atoms with van der Waals surface area (Å²) in [7, 11) is 0. The Morgan fingerprint density at radius 3 is 2.89 bits per heavy atom. The zero-order valence-electron chi connectivity index (χ0n) is 14.7. The molecule has 2 aliphatic rings. The van der Waals surface area contributed by atoms with E-state index < -0.39 is 17.8 Å². The summed E-state index contributed by atoms with van der Waals surface area (Å²) < 4.78 is 21.2. The molecule has 2 aromatic rings. The van der Waals surface area contributed by atoms with Crippen molar-refractivity contribution in [2.75, 3.05) is 19.8 Å². The fourth-order valence-corrected chi connectivity index (χ4v) is 3.86. The van der Waals surface area contributed by atoms with Gasteiger partial charge in [0, 0.05) is 17.8 Å². The molecule has 4 rings (SSSR count). The van der Waals surface area contributed by atoms with Crippen molar-refractivity contribution in [2.24, 2.45) is 0 Å². The molecule has 142 valence electrons. The highest BCUT2D eigenvalue weighted by Crippen LogP contribution is 2.30. The quantitative estimate of drug-likeness (QED) is 0.884. The predicted molar refractivity (Wildman–Crippen MR) is 93.4 cm³/mol. The standard InChI is InChI=1S/C19H20FN3O4/c20-14-5-1-2-6-16(14)23-15-7-3-4-13(15)18(21-23)19(26)22-8-9-27-11-12(22)10-17(24)25/h1-2,5-6,12H,3-4,7-11H2,(H,24,25). The molecule has 1 aliphatic heterocycles. The molecule has 1 atom stereocenters. The number of para-hydroxylation sites is 1. The molecule has 1 saturated heterocycles. The normalized spacial score (nSPS) is 19.1. The molecule has 1 N–H and O–H groups in total. The summed E-state index contributed by atoms with van der Waals surface area (Å²) in [5, 5.41) is 13.6. The average Bonchev–Trinajstić information content (AvgIpc) is 3.24. The molecule has 0 radical (unpaired) electrons. The number of amides is 1. The number of carbonyl (C=O) groups is 2. The van der Waals surface area contributed by atoms with Crippen molar-refractivity contribution in [2.45, 2.75) is 31.7 Å². The van der Waals surface area contributed by atoms with Gasteiger partial charge in [-0.05, 0) is 31.4 Å². The highest BCUT2D eigenvalue weighted by molar-refractivity contribution is 5.95. The number of fused-ring (bicyclic) bond motifs is 1. The summed E-state index contributed by atoms with van der Waals surface area (Å²) in [5.41, 5.74) is 2.30. The summed E-state index contributed by atoms with van der Waals surface area (Å²) in [6.45, 7) is 0.866. The van der Waals surface area contributed by atoms with Crippen molar-refractivity contribution < 1.29 is 23.8 Å². The molecule has 1 aromatic heterocycles. The van der Waals surface area contributed by atoms with E-state index in [-0.39, 0.29) is 18.9 Å². The molecule has 0 saturated carbocycles. The summed E-state index contributed by atoms with van der Waals surface area (Å²) in [4.78, 5) is 25.9. The summed E-state index contributed by atoms with van der Waals surface area (Å²) >= 11 is 0. The third kappa shape index (κ3) is 3.21. The lowest BCUT2D eigenvalue weighted by Gasteiger charge is -2.34. The molecule has 1 amide bonds. The monoisotopic (exact) mass is 373 g/mol. The second kappa shape index (κ2) is 7.11. The molecule has 1 fully saturated rings. The summed E-state index contributed by atoms with van der Waals surface area (Å²) in [6, 6.07) is 5.81. The Balaban J connectivity index is 1.72. The number of hydrogen-bond acceptors (Lipinski definition) is 4. The maximum absolute atomic E-state index is 14.3. The second-order valence-electron chi connectivity index (χ2n) is 6.82. The lowest BCUT2D eigenvalue weighted by Crippen LogP contribution is -2.49. The Morgan fingerprint density at radius 2 is 2.11 bits per heavy atom. The lowest BCUT2D eigenvalue weighted by molar-refractivity contribution is -0.139. The van der Waals surface area contributed by atoms with Gasteiger partial charge < -0.3 is 14.7 Å². The Bertz CT molecular complexity index is 895. The van der Waals surface area contributed by atoms with Crippen LogP contribution in [-0.2, 0) is 22.4 Å². The first-order chi connectivity index (χ1) is 13.1. The molecule has 2 heterocycles. The van der Waals surface area contributed by atoms with Crippen LogP contribution >= 0.6 is 0 Å². The van der Waals surface area contributed by atoms with Crippen LogP contribution in [0.1, 0.15) is 34.6 Å². The number of halogens is 1. The average molecular weight is 373 g/mol. The van der Waals surface area contributed by atoms with Crippen LogP contribution in [0.5, 0.6) is 0 Å². The van der Waals surface area contributed by atoms with Crippen LogP contribution in [0, 0.1) is 5.82 Å². The van der Waals surface area contributed by atoms with Crippen LogP contribution in [0.2, 0.25) is 0 Å². The number of carboxylic acids is 1. The molecule has 0 spiro atoms. The minimum absolute atomic E-state index is 0.179. The van der Waals surface area contributed by atoms with Gasteiger partial charge in [0.05, 0.1) is 25.7 Å². The van der Waals surface area contributed by atoms with Gasteiger partial charge in [0.1, 0.15) is 11.5 Å². The number of carbonyl (C=O) groups excluding carboxylic acids is 1. The maximum Gasteiger partial charge on any atom is 0.305 e. The zero-order valence-corrected chi connectivity index (χ0v) is 14.7. The second-order valence-corrected chi connectivity index (χ2v) is 6.82. The van der Waals surface area contributed by atoms with E-state index >= 15 is 0 Å². The number of morpholine rings is 1. The third-order valence-electron chi connectivity index (χ3n) is 5.11. The number of rotatable bonds is 4. The Labute approximate surface area is 155 Å². The van der Waals surface area contributed by atoms with Gasteiger partial charge in [0.25, 0.3) is 5.91 Å². The van der Waals surface area contributed by atoms with E-state index in [1.165, 1.54) is 15.6 Å². The molecular weight excluding hydrogens is 353 g/mol. The molecule has 7 nitrogen and oxygen atoms in total. The fourth-order valence-electron chi connectivity index (χ4n) is 3.86. The molecule has 1 unspecified atom stereocenters. The Kier molecular flexibility index (Phi) is 4.65. The van der Waals surface area contributed by atoms with E-state index in [2.05, 4.69) is 5.10 Å². The highest BCUT2D eigenvalue weighted by atomic mass is 19.1. The van der Waals surface area contributed by atoms with Crippen molar-refractivity contribution >= 4 is 11.9 Å². The van der Waals surface area contributed by atoms with Crippen molar-refractivity contribution in [3.63, 3.8) is 0 Å². The van der Waals surface area contributed by atoms with Gasteiger partial charge in [0.2, 0.25) is 0 Å². The smallest absolute Gasteiger partial charge is 0.305 e. The third-order valence-corrected chi connectivity index (χ3v) is 5.11. The maximum atomic E-state index is 14.3. The van der Waals surface area contributed by atoms with E-state index in [9.17, 15) is 14.0 Å². The molecule has 0 bridgehead atoms. The van der Waals surface area contributed by atoms with E-state index in [0.717, 1.165) is 24.1 Å². The van der Waals surface area contributed by atoms with Gasteiger partial charge in [-0.15, -0.1) is 0 Å². The van der Waals surface area contributed by atoms with Gasteiger partial charge in [0.15, 0.2) is 5.69 Å². The summed E-state index contributed by atoms with van der Waals surface area (Å²) in [6.07, 6.45) is 2.13. The SMILES string of the molecule is O=C(O)CC1COCCN1C(=O)c1nn(-c2ccccc2F)c2c1CCC2. The van der Waals surface area contributed by atoms with Crippen molar-refractivity contribution in [1.82, 2.24) is 14.7 Å². The van der Waals surface area contributed by atoms with Gasteiger partial charge in [-0.3, -0.25) is 9.59 Å². The Morgan fingerprint density at radius 1 is 1.30 bits per heavy atom. The number of benzene rings is 1. The zero-order chi connectivity index (χ0) is 19.0. The Hall–Kier alpha value is -2.74. The number of aromatic nitrogens is 2. The first-order valence-electron chi connectivity index (χ1n) is 9.02. The number of carboxylic acid groups (broad SMARTS) is 1. The fraction of sp³-hybridized carbons (Fsp3) is 0.421. The van der Waals surface area contributed by atoms with Crippen molar-refractivity contribution in [1.29, 1.82) is 0 Å². The van der Waals surface area contributed by atoms with Gasteiger partial charge in [-0.2, -0.15) is 5.10 Å². The lowest BCUT2D eigenvalue weighted by atomic mass is 10.1. The number of nitrogens with zero attached hydrogens (tertiary/aromatic N) is 3. The molecule has 1 aromatic carbocycles. The number of hydrogen-bond donors (Lipinski definition) is 1. The van der Waals surface area contributed by atoms with Crippen LogP contribution in [-0.4, -0.2) is 57.5 Å². The van der Waals surface area contributed by atoms with Crippen LogP contribution in [0.15, 0.2) is 24.3 Å². The molecule has 8 heteroatoms. The molecule has 1 aliphatic carbocycles. The minimum Gasteiger partial charge on any atom is -0.481 e. The number of aliphatic carboxylic acids is 1. The van der Waals surface area contributed by atoms with Crippen LogP contribution in [0.3, 0.4) is 0 Å². The molecule has 27 heavy (non-hydrogen) atoms. The highest BCUT2D eigenvalue weighted by Gasteiger charge is 2.35. The van der Waals surface area contributed by atoms with E-state index in [4.69, 9.17) is 9.84 Å². The van der Waals surface area contributed by atoms with Gasteiger partial charge >= 0.3 is 5.97 Å². The van der Waals surface area contributed by atoms with Crippen LogP contribution in [0.4, 0.5) is 4.39 Å². The summed E-state index contributed by atoms with van der Waals surface area (Å²) in [5.74, 6) is -1.69. The first-order valence-corrected chi connectivity index (χ1v) is 9.02. The number of ether oxygens (including phenoxy) is 1. The van der Waals surface area contributed by atoms with Gasteiger partial charge in [-0.1, -0.05) is 12.1 Å². The predicted octanol–water partition coefficient (Wildman–Crippen LogP) is 1.82. The largest absolute Gasteiger partial charge is 0.481 e. The van der Waals surface area contributed by atoms with Crippen molar-refractivity contribution in [3.8, 4) is 5.69 Å². The van der Waals surface area contributed by atoms with E-state index in [1.807, 2.05) is 0 Å². The van der Waals surface area contributed by atoms with E-state index in [1.54, 1.807) is 18.2 Å². The van der Waals surface area contributed by atoms with Crippen LogP contribution in [0.25, 0.3) is 5.69 Å². The molecular formula is C19H20FN3O4. The first kappa shape index (κ1) is 17.7.